The molecule has 5 nitrogen and oxygen atoms in total. The van der Waals surface area contributed by atoms with Gasteiger partial charge >= 0.3 is 0 Å². The molecular weight excluding hydrogens is 280 g/mol. The van der Waals surface area contributed by atoms with Crippen molar-refractivity contribution in [3.63, 3.8) is 0 Å². The Labute approximate surface area is 130 Å². The predicted octanol–water partition coefficient (Wildman–Crippen LogP) is 2.03. The fraction of sp³-hybridized carbons (Fsp3) is 0.529. The van der Waals surface area contributed by atoms with E-state index in [9.17, 15) is 9.59 Å². The molecule has 0 radical (unpaired) electrons. The first-order chi connectivity index (χ1) is 10.7. The fourth-order valence-corrected chi connectivity index (χ4v) is 3.11. The summed E-state index contributed by atoms with van der Waals surface area (Å²) in [4.78, 5) is 26.0. The van der Waals surface area contributed by atoms with Crippen molar-refractivity contribution < 1.29 is 14.3 Å². The van der Waals surface area contributed by atoms with Crippen LogP contribution in [0, 0.1) is 0 Å². The number of likely N-dealkylation sites (tertiary alicyclic amines) is 1. The number of benzene rings is 1. The molecule has 2 aliphatic rings. The van der Waals surface area contributed by atoms with E-state index >= 15 is 0 Å². The molecule has 22 heavy (non-hydrogen) atoms. The van der Waals surface area contributed by atoms with Gasteiger partial charge in [-0.2, -0.15) is 0 Å². The Morgan fingerprint density at radius 2 is 2.14 bits per heavy atom. The van der Waals surface area contributed by atoms with Crippen LogP contribution in [-0.2, 0) is 9.59 Å². The van der Waals surface area contributed by atoms with Crippen LogP contribution >= 0.6 is 0 Å². The van der Waals surface area contributed by atoms with Crippen molar-refractivity contribution in [3.8, 4) is 5.75 Å². The molecule has 1 saturated heterocycles. The number of para-hydroxylation sites is 1. The second kappa shape index (κ2) is 6.81. The Morgan fingerprint density at radius 3 is 3.05 bits per heavy atom. The van der Waals surface area contributed by atoms with Gasteiger partial charge in [0.05, 0.1) is 19.2 Å². The van der Waals surface area contributed by atoms with Crippen molar-refractivity contribution in [1.29, 1.82) is 0 Å². The largest absolute Gasteiger partial charge is 0.493 e. The quantitative estimate of drug-likeness (QED) is 0.929. The van der Waals surface area contributed by atoms with Gasteiger partial charge in [-0.15, -0.1) is 0 Å². The topological polar surface area (TPSA) is 58.6 Å². The van der Waals surface area contributed by atoms with E-state index < -0.39 is 0 Å². The van der Waals surface area contributed by atoms with E-state index in [-0.39, 0.29) is 24.4 Å². The summed E-state index contributed by atoms with van der Waals surface area (Å²) >= 11 is 0. The minimum Gasteiger partial charge on any atom is -0.493 e. The number of hydrogen-bond acceptors (Lipinski definition) is 3. The van der Waals surface area contributed by atoms with Crippen LogP contribution in [0.1, 0.15) is 43.7 Å². The Bertz CT molecular complexity index is 559. The summed E-state index contributed by atoms with van der Waals surface area (Å²) in [6.07, 6.45) is 4.31. The second-order valence-corrected chi connectivity index (χ2v) is 5.92. The summed E-state index contributed by atoms with van der Waals surface area (Å²) < 4.78 is 5.60. The molecule has 1 N–H and O–H groups in total. The molecule has 0 saturated carbocycles. The summed E-state index contributed by atoms with van der Waals surface area (Å²) in [5.74, 6) is 0.849. The van der Waals surface area contributed by atoms with Crippen molar-refractivity contribution in [2.45, 2.75) is 38.1 Å². The van der Waals surface area contributed by atoms with Crippen molar-refractivity contribution in [2.24, 2.45) is 0 Å². The van der Waals surface area contributed by atoms with Gasteiger partial charge in [0.2, 0.25) is 11.8 Å². The van der Waals surface area contributed by atoms with Gasteiger partial charge in [0, 0.05) is 24.9 Å². The lowest BCUT2D eigenvalue weighted by atomic mass is 10.0. The first-order valence-corrected chi connectivity index (χ1v) is 8.03. The van der Waals surface area contributed by atoms with Gasteiger partial charge in [0.15, 0.2) is 0 Å². The molecular formula is C17H22N2O3. The van der Waals surface area contributed by atoms with Crippen LogP contribution in [0.3, 0.4) is 0 Å². The molecule has 2 heterocycles. The van der Waals surface area contributed by atoms with Gasteiger partial charge in [0.25, 0.3) is 0 Å². The molecule has 2 amide bonds. The number of hydrogen-bond donors (Lipinski definition) is 1. The zero-order valence-electron chi connectivity index (χ0n) is 12.7. The van der Waals surface area contributed by atoms with E-state index in [4.69, 9.17) is 4.74 Å². The molecule has 1 aromatic rings. The summed E-state index contributed by atoms with van der Waals surface area (Å²) in [6, 6.07) is 7.76. The number of fused-ring (bicyclic) bond motifs is 1. The number of nitrogens with zero attached hydrogens (tertiary/aromatic N) is 1. The van der Waals surface area contributed by atoms with Gasteiger partial charge in [-0.05, 0) is 18.9 Å². The summed E-state index contributed by atoms with van der Waals surface area (Å²) in [5, 5.41) is 3.05. The third-order valence-corrected chi connectivity index (χ3v) is 4.30. The third-order valence-electron chi connectivity index (χ3n) is 4.30. The Kier molecular flexibility index (Phi) is 4.61. The maximum absolute atomic E-state index is 12.3. The minimum absolute atomic E-state index is 0.0282. The van der Waals surface area contributed by atoms with Crippen molar-refractivity contribution in [1.82, 2.24) is 10.2 Å². The van der Waals surface area contributed by atoms with Gasteiger partial charge in [-0.25, -0.2) is 0 Å². The van der Waals surface area contributed by atoms with E-state index in [1.807, 2.05) is 24.3 Å². The molecule has 0 spiro atoms. The molecule has 1 aromatic carbocycles. The Balaban J connectivity index is 1.61. The third kappa shape index (κ3) is 3.40. The first-order valence-electron chi connectivity index (χ1n) is 8.03. The molecule has 0 bridgehead atoms. The fourth-order valence-electron chi connectivity index (χ4n) is 3.11. The highest BCUT2D eigenvalue weighted by Crippen LogP contribution is 2.31. The van der Waals surface area contributed by atoms with Gasteiger partial charge in [0.1, 0.15) is 5.75 Å². The van der Waals surface area contributed by atoms with Crippen LogP contribution in [0.2, 0.25) is 0 Å². The highest BCUT2D eigenvalue weighted by Gasteiger charge is 2.24. The van der Waals surface area contributed by atoms with E-state index in [0.29, 0.717) is 19.6 Å². The average molecular weight is 302 g/mol. The lowest BCUT2D eigenvalue weighted by molar-refractivity contribution is -0.135. The Morgan fingerprint density at radius 1 is 1.27 bits per heavy atom. The number of amides is 2. The van der Waals surface area contributed by atoms with Crippen molar-refractivity contribution >= 4 is 11.8 Å². The molecule has 0 unspecified atom stereocenters. The van der Waals surface area contributed by atoms with E-state index in [1.54, 1.807) is 4.90 Å². The van der Waals surface area contributed by atoms with Crippen LogP contribution in [-0.4, -0.2) is 36.4 Å². The maximum atomic E-state index is 12.3. The van der Waals surface area contributed by atoms with Crippen LogP contribution in [0.25, 0.3) is 0 Å². The molecule has 5 heteroatoms. The molecule has 1 fully saturated rings. The lowest BCUT2D eigenvalue weighted by Crippen LogP contribution is -2.42. The van der Waals surface area contributed by atoms with Crippen LogP contribution in [0.5, 0.6) is 5.75 Å². The van der Waals surface area contributed by atoms with E-state index in [1.165, 1.54) is 0 Å². The molecule has 3 rings (SSSR count). The second-order valence-electron chi connectivity index (χ2n) is 5.92. The monoisotopic (exact) mass is 302 g/mol. The zero-order chi connectivity index (χ0) is 15.4. The molecule has 118 valence electrons. The van der Waals surface area contributed by atoms with Crippen LogP contribution in [0.4, 0.5) is 0 Å². The summed E-state index contributed by atoms with van der Waals surface area (Å²) in [6.45, 7) is 1.46. The van der Waals surface area contributed by atoms with Crippen LogP contribution < -0.4 is 10.1 Å². The highest BCUT2D eigenvalue weighted by atomic mass is 16.5. The van der Waals surface area contributed by atoms with Gasteiger partial charge in [-0.1, -0.05) is 24.6 Å². The number of rotatable bonds is 3. The van der Waals surface area contributed by atoms with Gasteiger partial charge in [-0.3, -0.25) is 9.59 Å². The normalized spacial score (nSPS) is 21.5. The number of carbonyl (C=O) groups excluding carboxylic acids is 2. The SMILES string of the molecule is O=C(CN1CCCCCC1=O)N[C@H]1CCOc2ccccc21. The number of ether oxygens (including phenoxy) is 1. The van der Waals surface area contributed by atoms with Gasteiger partial charge < -0.3 is 15.0 Å². The molecule has 0 aliphatic carbocycles. The summed E-state index contributed by atoms with van der Waals surface area (Å²) in [5.41, 5.74) is 1.02. The van der Waals surface area contributed by atoms with E-state index in [2.05, 4.69) is 5.32 Å². The predicted molar refractivity (Wildman–Crippen MR) is 82.5 cm³/mol. The maximum Gasteiger partial charge on any atom is 0.240 e. The van der Waals surface area contributed by atoms with Crippen molar-refractivity contribution in [2.75, 3.05) is 19.7 Å². The number of carbonyl (C=O) groups is 2. The first kappa shape index (κ1) is 14.9. The average Bonchev–Trinajstić information content (AvgIpc) is 2.73. The van der Waals surface area contributed by atoms with Crippen molar-refractivity contribution in [3.05, 3.63) is 29.8 Å². The van der Waals surface area contributed by atoms with E-state index in [0.717, 1.165) is 37.0 Å². The molecule has 0 aromatic heterocycles. The standard InChI is InChI=1S/C17H22N2O3/c20-16(12-19-10-5-1-2-8-17(19)21)18-14-9-11-22-15-7-4-3-6-13(14)15/h3-4,6-7,14H,1-2,5,8-12H2,(H,18,20)/t14-/m0/s1. The Hall–Kier alpha value is -2.04. The number of nitrogens with one attached hydrogen (secondary N) is 1. The smallest absolute Gasteiger partial charge is 0.240 e. The molecule has 2 aliphatic heterocycles. The molecule has 1 atom stereocenters. The lowest BCUT2D eigenvalue weighted by Gasteiger charge is -2.28. The summed E-state index contributed by atoms with van der Waals surface area (Å²) in [7, 11) is 0. The zero-order valence-corrected chi connectivity index (χ0v) is 12.7. The van der Waals surface area contributed by atoms with Crippen LogP contribution in [0.15, 0.2) is 24.3 Å². The minimum atomic E-state index is -0.0862. The highest BCUT2D eigenvalue weighted by molar-refractivity contribution is 5.85.